The first-order chi connectivity index (χ1) is 13.5. The number of anilines is 1. The van der Waals surface area contributed by atoms with Crippen LogP contribution in [0.25, 0.3) is 10.9 Å². The highest BCUT2D eigenvalue weighted by Gasteiger charge is 2.08. The summed E-state index contributed by atoms with van der Waals surface area (Å²) in [6.45, 7) is 1.92. The minimum atomic E-state index is -0.0154. The standard InChI is InChI=1S/C22H26ClN3O2/c1-25(2)12-13-26-11-10-17-15-18(6-7-20(17)26)24-22(27)9-5-16-4-8-21(28-3)19(23)14-16/h4,6-8,10-11,14-15H,5,9,12-13H2,1-3H3,(H,24,27). The molecule has 0 aliphatic carbocycles. The molecule has 0 bridgehead atoms. The molecule has 2 aromatic carbocycles. The van der Waals surface area contributed by atoms with Gasteiger partial charge in [-0.15, -0.1) is 0 Å². The molecule has 0 spiro atoms. The molecule has 0 saturated heterocycles. The number of aromatic nitrogens is 1. The summed E-state index contributed by atoms with van der Waals surface area (Å²) in [6.07, 6.45) is 3.11. The van der Waals surface area contributed by atoms with E-state index in [0.717, 1.165) is 29.7 Å². The molecular weight excluding hydrogens is 374 g/mol. The Hall–Kier alpha value is -2.50. The van der Waals surface area contributed by atoms with Crippen molar-refractivity contribution in [2.45, 2.75) is 19.4 Å². The third kappa shape index (κ3) is 5.06. The Morgan fingerprint density at radius 2 is 2.00 bits per heavy atom. The van der Waals surface area contributed by atoms with E-state index >= 15 is 0 Å². The van der Waals surface area contributed by atoms with Crippen molar-refractivity contribution in [3.63, 3.8) is 0 Å². The largest absolute Gasteiger partial charge is 0.495 e. The van der Waals surface area contributed by atoms with Gasteiger partial charge in [-0.25, -0.2) is 0 Å². The maximum absolute atomic E-state index is 12.3. The number of ether oxygens (including phenoxy) is 1. The van der Waals surface area contributed by atoms with Crippen LogP contribution in [0.15, 0.2) is 48.7 Å². The highest BCUT2D eigenvalue weighted by Crippen LogP contribution is 2.25. The Bertz CT molecular complexity index is 966. The molecule has 28 heavy (non-hydrogen) atoms. The van der Waals surface area contributed by atoms with Crippen LogP contribution in [0, 0.1) is 0 Å². The molecule has 0 aliphatic rings. The Balaban J connectivity index is 1.59. The van der Waals surface area contributed by atoms with Gasteiger partial charge in [-0.2, -0.15) is 0 Å². The van der Waals surface area contributed by atoms with Gasteiger partial charge < -0.3 is 19.5 Å². The van der Waals surface area contributed by atoms with Crippen LogP contribution in [0.3, 0.4) is 0 Å². The zero-order valence-corrected chi connectivity index (χ0v) is 17.3. The van der Waals surface area contributed by atoms with Crippen molar-refractivity contribution >= 4 is 34.1 Å². The van der Waals surface area contributed by atoms with E-state index in [0.29, 0.717) is 23.6 Å². The minimum Gasteiger partial charge on any atom is -0.495 e. The molecule has 0 unspecified atom stereocenters. The molecule has 1 amide bonds. The number of fused-ring (bicyclic) bond motifs is 1. The van der Waals surface area contributed by atoms with Crippen molar-refractivity contribution in [2.24, 2.45) is 0 Å². The van der Waals surface area contributed by atoms with Crippen molar-refractivity contribution in [3.8, 4) is 5.75 Å². The molecule has 0 fully saturated rings. The van der Waals surface area contributed by atoms with Gasteiger partial charge in [0.15, 0.2) is 0 Å². The molecule has 0 atom stereocenters. The van der Waals surface area contributed by atoms with Crippen LogP contribution in [0.5, 0.6) is 5.75 Å². The second kappa shape index (κ2) is 9.13. The summed E-state index contributed by atoms with van der Waals surface area (Å²) in [5.41, 5.74) is 3.00. The SMILES string of the molecule is COc1ccc(CCC(=O)Nc2ccc3c(ccn3CCN(C)C)c2)cc1Cl. The molecule has 5 nitrogen and oxygen atoms in total. The lowest BCUT2D eigenvalue weighted by Gasteiger charge is -2.11. The van der Waals surface area contributed by atoms with Crippen molar-refractivity contribution in [2.75, 3.05) is 33.1 Å². The number of carbonyl (C=O) groups is 1. The molecule has 3 aromatic rings. The fourth-order valence-corrected chi connectivity index (χ4v) is 3.41. The van der Waals surface area contributed by atoms with Crippen molar-refractivity contribution < 1.29 is 9.53 Å². The number of carbonyl (C=O) groups excluding carboxylic acids is 1. The van der Waals surface area contributed by atoms with E-state index in [9.17, 15) is 4.79 Å². The smallest absolute Gasteiger partial charge is 0.224 e. The highest BCUT2D eigenvalue weighted by molar-refractivity contribution is 6.32. The summed E-state index contributed by atoms with van der Waals surface area (Å²) in [7, 11) is 5.72. The van der Waals surface area contributed by atoms with Gasteiger partial charge in [0.1, 0.15) is 5.75 Å². The summed E-state index contributed by atoms with van der Waals surface area (Å²) in [5.74, 6) is 0.624. The number of nitrogens with zero attached hydrogens (tertiary/aromatic N) is 2. The average Bonchev–Trinajstić information content (AvgIpc) is 3.07. The number of nitrogens with one attached hydrogen (secondary N) is 1. The van der Waals surface area contributed by atoms with Crippen LogP contribution in [0.4, 0.5) is 5.69 Å². The number of likely N-dealkylation sites (N-methyl/N-ethyl adjacent to an activating group) is 1. The summed E-state index contributed by atoms with van der Waals surface area (Å²) >= 11 is 6.14. The summed E-state index contributed by atoms with van der Waals surface area (Å²) < 4.78 is 7.38. The molecule has 1 heterocycles. The predicted octanol–water partition coefficient (Wildman–Crippen LogP) is 4.44. The van der Waals surface area contributed by atoms with Crippen molar-refractivity contribution in [1.29, 1.82) is 0 Å². The van der Waals surface area contributed by atoms with E-state index in [1.165, 1.54) is 5.52 Å². The predicted molar refractivity (Wildman–Crippen MR) is 115 cm³/mol. The second-order valence-corrected chi connectivity index (χ2v) is 7.51. The zero-order valence-electron chi connectivity index (χ0n) is 16.5. The molecule has 1 N–H and O–H groups in total. The molecule has 1 aromatic heterocycles. The molecule has 0 aliphatic heterocycles. The number of halogens is 1. The van der Waals surface area contributed by atoms with Crippen molar-refractivity contribution in [1.82, 2.24) is 9.47 Å². The molecule has 148 valence electrons. The highest BCUT2D eigenvalue weighted by atomic mass is 35.5. The van der Waals surface area contributed by atoms with Gasteiger partial charge in [0.25, 0.3) is 0 Å². The quantitative estimate of drug-likeness (QED) is 0.609. The van der Waals surface area contributed by atoms with Crippen LogP contribution in [-0.2, 0) is 17.8 Å². The van der Waals surface area contributed by atoms with Crippen LogP contribution < -0.4 is 10.1 Å². The Labute approximate surface area is 170 Å². The van der Waals surface area contributed by atoms with Crippen LogP contribution in [-0.4, -0.2) is 43.1 Å². The first-order valence-electron chi connectivity index (χ1n) is 9.32. The normalized spacial score (nSPS) is 11.2. The van der Waals surface area contributed by atoms with Crippen LogP contribution in [0.2, 0.25) is 5.02 Å². The van der Waals surface area contributed by atoms with E-state index in [4.69, 9.17) is 16.3 Å². The van der Waals surface area contributed by atoms with Gasteiger partial charge in [-0.05, 0) is 62.5 Å². The van der Waals surface area contributed by atoms with Crippen molar-refractivity contribution in [3.05, 3.63) is 59.2 Å². The summed E-state index contributed by atoms with van der Waals surface area (Å²) in [6, 6.07) is 13.7. The van der Waals surface area contributed by atoms with Gasteiger partial charge in [0.2, 0.25) is 5.91 Å². The van der Waals surface area contributed by atoms with Gasteiger partial charge in [-0.3, -0.25) is 4.79 Å². The van der Waals surface area contributed by atoms with E-state index in [1.54, 1.807) is 7.11 Å². The Morgan fingerprint density at radius 3 is 2.71 bits per heavy atom. The third-order valence-electron chi connectivity index (χ3n) is 4.70. The number of hydrogen-bond acceptors (Lipinski definition) is 3. The van der Waals surface area contributed by atoms with E-state index in [2.05, 4.69) is 47.2 Å². The number of hydrogen-bond donors (Lipinski definition) is 1. The lowest BCUT2D eigenvalue weighted by atomic mass is 10.1. The monoisotopic (exact) mass is 399 g/mol. The van der Waals surface area contributed by atoms with Crippen LogP contribution >= 0.6 is 11.6 Å². The van der Waals surface area contributed by atoms with E-state index in [1.807, 2.05) is 30.3 Å². The molecule has 0 radical (unpaired) electrons. The third-order valence-corrected chi connectivity index (χ3v) is 5.00. The fourth-order valence-electron chi connectivity index (χ4n) is 3.13. The average molecular weight is 400 g/mol. The number of amides is 1. The summed E-state index contributed by atoms with van der Waals surface area (Å²) in [5, 5.41) is 4.67. The molecule has 3 rings (SSSR count). The first-order valence-corrected chi connectivity index (χ1v) is 9.70. The minimum absolute atomic E-state index is 0.0154. The molecule has 0 saturated carbocycles. The topological polar surface area (TPSA) is 46.5 Å². The number of methoxy groups -OCH3 is 1. The Morgan fingerprint density at radius 1 is 1.18 bits per heavy atom. The number of benzene rings is 2. The van der Waals surface area contributed by atoms with E-state index in [-0.39, 0.29) is 5.91 Å². The van der Waals surface area contributed by atoms with E-state index < -0.39 is 0 Å². The second-order valence-electron chi connectivity index (χ2n) is 7.10. The lowest BCUT2D eigenvalue weighted by molar-refractivity contribution is -0.116. The number of aryl methyl sites for hydroxylation is 1. The van der Waals surface area contributed by atoms with Gasteiger partial charge >= 0.3 is 0 Å². The van der Waals surface area contributed by atoms with Gasteiger partial charge in [0.05, 0.1) is 12.1 Å². The Kier molecular flexibility index (Phi) is 6.60. The number of rotatable bonds is 8. The van der Waals surface area contributed by atoms with Gasteiger partial charge in [0, 0.05) is 42.3 Å². The molecular formula is C22H26ClN3O2. The zero-order chi connectivity index (χ0) is 20.1. The maximum atomic E-state index is 12.3. The summed E-state index contributed by atoms with van der Waals surface area (Å²) in [4.78, 5) is 14.5. The van der Waals surface area contributed by atoms with Crippen LogP contribution in [0.1, 0.15) is 12.0 Å². The molecule has 6 heteroatoms. The maximum Gasteiger partial charge on any atom is 0.224 e. The lowest BCUT2D eigenvalue weighted by Crippen LogP contribution is -2.17. The fraction of sp³-hybridized carbons (Fsp3) is 0.318. The first kappa shape index (κ1) is 20.2. The van der Waals surface area contributed by atoms with Gasteiger partial charge in [-0.1, -0.05) is 17.7 Å².